The highest BCUT2D eigenvalue weighted by atomic mass is 32.2. The van der Waals surface area contributed by atoms with E-state index in [0.717, 1.165) is 22.9 Å². The summed E-state index contributed by atoms with van der Waals surface area (Å²) in [5.74, 6) is 0.350. The molecule has 1 aliphatic rings. The maximum absolute atomic E-state index is 12.7. The second-order valence-electron chi connectivity index (χ2n) is 6.97. The van der Waals surface area contributed by atoms with Gasteiger partial charge in [0.05, 0.1) is 4.90 Å². The topological polar surface area (TPSA) is 101 Å². The molecule has 1 heterocycles. The molecule has 4 rings (SSSR count). The zero-order chi connectivity index (χ0) is 21.1. The second kappa shape index (κ2) is 8.84. The molecule has 3 aromatic rings. The van der Waals surface area contributed by atoms with E-state index in [-0.39, 0.29) is 10.9 Å². The third kappa shape index (κ3) is 5.25. The first-order chi connectivity index (χ1) is 14.4. The molecule has 0 spiro atoms. The molecule has 1 fully saturated rings. The third-order valence-corrected chi connectivity index (χ3v) is 8.06. The number of carbonyl (C=O) groups excluding carboxylic acids is 1. The lowest BCUT2D eigenvalue weighted by atomic mass is 10.1. The van der Waals surface area contributed by atoms with Crippen molar-refractivity contribution in [2.24, 2.45) is 0 Å². The largest absolute Gasteiger partial charge is 0.296 e. The second-order valence-corrected chi connectivity index (χ2v) is 10.9. The summed E-state index contributed by atoms with van der Waals surface area (Å²) in [5, 5.41) is 11.2. The van der Waals surface area contributed by atoms with Gasteiger partial charge < -0.3 is 0 Å². The molecule has 2 aromatic carbocycles. The Balaban J connectivity index is 1.43. The zero-order valence-corrected chi connectivity index (χ0v) is 18.6. The van der Waals surface area contributed by atoms with Crippen LogP contribution in [0.4, 0.5) is 5.13 Å². The smallest absolute Gasteiger partial charge is 0.257 e. The SMILES string of the molecule is Cc1ccc(S(=O)(=O)NC2CC2)cc1C(=O)Nc1nnc(SCc2ccccc2)s1. The lowest BCUT2D eigenvalue weighted by molar-refractivity contribution is 0.102. The van der Waals surface area contributed by atoms with Gasteiger partial charge in [0.25, 0.3) is 5.91 Å². The van der Waals surface area contributed by atoms with Crippen LogP contribution in [0.15, 0.2) is 57.8 Å². The number of aryl methyl sites for hydroxylation is 1. The van der Waals surface area contributed by atoms with Gasteiger partial charge in [-0.2, -0.15) is 0 Å². The van der Waals surface area contributed by atoms with Crippen LogP contribution >= 0.6 is 23.1 Å². The van der Waals surface area contributed by atoms with E-state index in [9.17, 15) is 13.2 Å². The summed E-state index contributed by atoms with van der Waals surface area (Å²) in [5.41, 5.74) is 2.15. The molecule has 1 aliphatic carbocycles. The van der Waals surface area contributed by atoms with E-state index in [1.807, 2.05) is 30.3 Å². The molecule has 1 amide bonds. The lowest BCUT2D eigenvalue weighted by Gasteiger charge is -2.10. The van der Waals surface area contributed by atoms with E-state index in [0.29, 0.717) is 16.3 Å². The summed E-state index contributed by atoms with van der Waals surface area (Å²) in [6.45, 7) is 1.76. The van der Waals surface area contributed by atoms with Crippen molar-refractivity contribution in [1.29, 1.82) is 0 Å². The molecule has 0 unspecified atom stereocenters. The molecular formula is C20H20N4O3S3. The summed E-state index contributed by atoms with van der Waals surface area (Å²) in [6, 6.07) is 14.6. The zero-order valence-electron chi connectivity index (χ0n) is 16.2. The van der Waals surface area contributed by atoms with Gasteiger partial charge in [0.15, 0.2) is 4.34 Å². The van der Waals surface area contributed by atoms with Gasteiger partial charge in [-0.3, -0.25) is 10.1 Å². The van der Waals surface area contributed by atoms with E-state index < -0.39 is 15.9 Å². The van der Waals surface area contributed by atoms with E-state index >= 15 is 0 Å². The molecular weight excluding hydrogens is 440 g/mol. The normalized spacial score (nSPS) is 13.9. The quantitative estimate of drug-likeness (QED) is 0.391. The van der Waals surface area contributed by atoms with Gasteiger partial charge in [-0.05, 0) is 43.0 Å². The van der Waals surface area contributed by atoms with Crippen molar-refractivity contribution in [2.75, 3.05) is 5.32 Å². The molecule has 0 aliphatic heterocycles. The molecule has 10 heteroatoms. The van der Waals surface area contributed by atoms with E-state index in [1.165, 1.54) is 29.0 Å². The molecule has 1 saturated carbocycles. The molecule has 7 nitrogen and oxygen atoms in total. The standard InChI is InChI=1S/C20H20N4O3S3/c1-13-7-10-16(30(26,27)24-15-8-9-15)11-17(13)18(25)21-19-22-23-20(29-19)28-12-14-5-3-2-4-6-14/h2-7,10-11,15,24H,8-9,12H2,1H3,(H,21,22,25). The van der Waals surface area contributed by atoms with Crippen LogP contribution in [0, 0.1) is 6.92 Å². The number of aromatic nitrogens is 2. The minimum Gasteiger partial charge on any atom is -0.296 e. The molecule has 0 radical (unpaired) electrons. The number of hydrogen-bond donors (Lipinski definition) is 2. The van der Waals surface area contributed by atoms with Gasteiger partial charge in [-0.15, -0.1) is 10.2 Å². The van der Waals surface area contributed by atoms with Crippen LogP contribution in [0.3, 0.4) is 0 Å². The van der Waals surface area contributed by atoms with Crippen molar-refractivity contribution in [2.45, 2.75) is 40.8 Å². The summed E-state index contributed by atoms with van der Waals surface area (Å²) < 4.78 is 28.3. The summed E-state index contributed by atoms with van der Waals surface area (Å²) in [6.07, 6.45) is 1.69. The van der Waals surface area contributed by atoms with Gasteiger partial charge in [-0.25, -0.2) is 13.1 Å². The molecule has 2 N–H and O–H groups in total. The highest BCUT2D eigenvalue weighted by Crippen LogP contribution is 2.29. The minimum absolute atomic E-state index is 0.00165. The van der Waals surface area contributed by atoms with Crippen molar-refractivity contribution < 1.29 is 13.2 Å². The van der Waals surface area contributed by atoms with E-state index in [4.69, 9.17) is 0 Å². The van der Waals surface area contributed by atoms with Crippen molar-refractivity contribution >= 4 is 44.2 Å². The van der Waals surface area contributed by atoms with Crippen LogP contribution in [-0.4, -0.2) is 30.6 Å². The Morgan fingerprint density at radius 1 is 1.17 bits per heavy atom. The first kappa shape index (κ1) is 21.0. The van der Waals surface area contributed by atoms with Gasteiger partial charge in [-0.1, -0.05) is 59.5 Å². The Hall–Kier alpha value is -2.27. The van der Waals surface area contributed by atoms with Gasteiger partial charge in [0.2, 0.25) is 15.2 Å². The van der Waals surface area contributed by atoms with Crippen LogP contribution in [-0.2, 0) is 15.8 Å². The van der Waals surface area contributed by atoms with Gasteiger partial charge in [0, 0.05) is 17.4 Å². The van der Waals surface area contributed by atoms with Crippen LogP contribution < -0.4 is 10.0 Å². The Morgan fingerprint density at radius 2 is 1.93 bits per heavy atom. The molecule has 0 atom stereocenters. The van der Waals surface area contributed by atoms with Crippen LogP contribution in [0.1, 0.15) is 34.3 Å². The molecule has 0 saturated heterocycles. The first-order valence-electron chi connectivity index (χ1n) is 9.35. The number of benzene rings is 2. The molecule has 156 valence electrons. The first-order valence-corrected chi connectivity index (χ1v) is 12.6. The Morgan fingerprint density at radius 3 is 2.67 bits per heavy atom. The van der Waals surface area contributed by atoms with Gasteiger partial charge >= 0.3 is 0 Å². The average Bonchev–Trinajstić information content (AvgIpc) is 3.42. The molecule has 1 aromatic heterocycles. The number of anilines is 1. The van der Waals surface area contributed by atoms with Crippen LogP contribution in [0.5, 0.6) is 0 Å². The monoisotopic (exact) mass is 460 g/mol. The third-order valence-electron chi connectivity index (χ3n) is 4.50. The number of amides is 1. The number of hydrogen-bond acceptors (Lipinski definition) is 7. The number of nitrogens with zero attached hydrogens (tertiary/aromatic N) is 2. The number of carbonyl (C=O) groups is 1. The maximum atomic E-state index is 12.7. The molecule has 0 bridgehead atoms. The fourth-order valence-electron chi connectivity index (χ4n) is 2.70. The van der Waals surface area contributed by atoms with Crippen molar-refractivity contribution in [3.63, 3.8) is 0 Å². The number of nitrogens with one attached hydrogen (secondary N) is 2. The highest BCUT2D eigenvalue weighted by Gasteiger charge is 2.28. The van der Waals surface area contributed by atoms with E-state index in [1.54, 1.807) is 24.8 Å². The predicted octanol–water partition coefficient (Wildman–Crippen LogP) is 3.83. The average molecular weight is 461 g/mol. The Kier molecular flexibility index (Phi) is 6.19. The van der Waals surface area contributed by atoms with Crippen LogP contribution in [0.25, 0.3) is 0 Å². The van der Waals surface area contributed by atoms with E-state index in [2.05, 4.69) is 20.2 Å². The van der Waals surface area contributed by atoms with Gasteiger partial charge in [0.1, 0.15) is 0 Å². The Bertz CT molecular complexity index is 1160. The summed E-state index contributed by atoms with van der Waals surface area (Å²) >= 11 is 2.83. The summed E-state index contributed by atoms with van der Waals surface area (Å²) in [7, 11) is -3.63. The highest BCUT2D eigenvalue weighted by molar-refractivity contribution is 8.00. The fraction of sp³-hybridized carbons (Fsp3) is 0.250. The Labute approximate surface area is 183 Å². The minimum atomic E-state index is -3.63. The van der Waals surface area contributed by atoms with Crippen molar-refractivity contribution in [3.8, 4) is 0 Å². The van der Waals surface area contributed by atoms with Crippen LogP contribution in [0.2, 0.25) is 0 Å². The number of thioether (sulfide) groups is 1. The molecule has 30 heavy (non-hydrogen) atoms. The van der Waals surface area contributed by atoms with Crippen molar-refractivity contribution in [3.05, 3.63) is 65.2 Å². The maximum Gasteiger partial charge on any atom is 0.257 e. The van der Waals surface area contributed by atoms with Crippen molar-refractivity contribution in [1.82, 2.24) is 14.9 Å². The summed E-state index contributed by atoms with van der Waals surface area (Å²) in [4.78, 5) is 12.8. The number of sulfonamides is 1. The lowest BCUT2D eigenvalue weighted by Crippen LogP contribution is -2.26. The number of rotatable bonds is 8. The predicted molar refractivity (Wildman–Crippen MR) is 118 cm³/mol. The fourth-order valence-corrected chi connectivity index (χ4v) is 5.74.